The topological polar surface area (TPSA) is 79.0 Å². The first-order valence-electron chi connectivity index (χ1n) is 9.92. The monoisotopic (exact) mass is 425 g/mol. The van der Waals surface area contributed by atoms with Gasteiger partial charge in [-0.15, -0.1) is 0 Å². The lowest BCUT2D eigenvalue weighted by molar-refractivity contribution is 0.302. The molecule has 0 aliphatic heterocycles. The van der Waals surface area contributed by atoms with Gasteiger partial charge in [-0.3, -0.25) is 10.8 Å². The van der Waals surface area contributed by atoms with Crippen LogP contribution >= 0.6 is 0 Å². The lowest BCUT2D eigenvalue weighted by Gasteiger charge is -2.11. The summed E-state index contributed by atoms with van der Waals surface area (Å²) < 4.78 is 24.0. The number of aromatic nitrogens is 1. The van der Waals surface area contributed by atoms with E-state index in [1.165, 1.54) is 12.1 Å². The van der Waals surface area contributed by atoms with Crippen molar-refractivity contribution in [1.29, 1.82) is 10.8 Å². The highest BCUT2D eigenvalue weighted by molar-refractivity contribution is 6.24. The van der Waals surface area contributed by atoms with Crippen LogP contribution in [0.15, 0.2) is 84.9 Å². The van der Waals surface area contributed by atoms with Crippen molar-refractivity contribution in [3.8, 4) is 5.75 Å². The number of nitrogens with one attached hydrogen (secondary N) is 2. The minimum Gasteiger partial charge on any atom is -0.487 e. The first kappa shape index (κ1) is 20.9. The summed E-state index contributed by atoms with van der Waals surface area (Å²) in [6, 6.07) is 25.0. The number of ether oxygens (including phenoxy) is 2. The predicted molar refractivity (Wildman–Crippen MR) is 124 cm³/mol. The molecule has 6 heteroatoms. The molecule has 2 N–H and O–H groups in total. The first-order chi connectivity index (χ1) is 15.6. The fourth-order valence-corrected chi connectivity index (χ4v) is 3.20. The van der Waals surface area contributed by atoms with Crippen molar-refractivity contribution in [2.45, 2.75) is 6.61 Å². The minimum atomic E-state index is -0.336. The lowest BCUT2D eigenvalue weighted by Crippen LogP contribution is -2.05. The second kappa shape index (κ2) is 9.66. The molecule has 1 aromatic heterocycles. The van der Waals surface area contributed by atoms with E-state index in [1.54, 1.807) is 42.5 Å². The molecule has 32 heavy (non-hydrogen) atoms. The molecule has 1 heterocycles. The number of nitrogens with zero attached hydrogens (tertiary/aromatic N) is 1. The molecule has 0 atom stereocenters. The number of pyridine rings is 1. The molecule has 158 valence electrons. The normalized spacial score (nSPS) is 11.2. The number of rotatable bonds is 7. The summed E-state index contributed by atoms with van der Waals surface area (Å²) in [5.41, 5.74) is 3.62. The lowest BCUT2D eigenvalue weighted by atomic mass is 10.0. The minimum absolute atomic E-state index is 0.182. The van der Waals surface area contributed by atoms with Crippen LogP contribution in [0.3, 0.4) is 0 Å². The summed E-state index contributed by atoms with van der Waals surface area (Å²) in [7, 11) is 0. The van der Waals surface area contributed by atoms with E-state index in [9.17, 15) is 4.39 Å². The zero-order chi connectivity index (χ0) is 22.3. The van der Waals surface area contributed by atoms with E-state index < -0.39 is 0 Å². The second-order valence-electron chi connectivity index (χ2n) is 6.98. The third kappa shape index (κ3) is 5.05. The number of hydrogen-bond acceptors (Lipinski definition) is 5. The van der Waals surface area contributed by atoms with E-state index in [1.807, 2.05) is 36.4 Å². The second-order valence-corrected chi connectivity index (χ2v) is 6.98. The third-order valence-electron chi connectivity index (χ3n) is 4.81. The van der Waals surface area contributed by atoms with Crippen LogP contribution in [-0.2, 0) is 11.3 Å². The molecule has 0 unspecified atom stereocenters. The average molecular weight is 425 g/mol. The Bertz CT molecular complexity index is 1280. The molecular formula is C26H20FN3O2. The molecular weight excluding hydrogens is 405 g/mol. The quantitative estimate of drug-likeness (QED) is 0.213. The van der Waals surface area contributed by atoms with Crippen LogP contribution in [0, 0.1) is 16.6 Å². The number of fused-ring (bicyclic) bond motifs is 1. The van der Waals surface area contributed by atoms with Gasteiger partial charge in [0.1, 0.15) is 18.2 Å². The van der Waals surface area contributed by atoms with Gasteiger partial charge in [0.25, 0.3) is 0 Å². The Kier molecular flexibility index (Phi) is 6.32. The highest BCUT2D eigenvalue weighted by atomic mass is 19.1. The summed E-state index contributed by atoms with van der Waals surface area (Å²) in [4.78, 5) is 4.61. The summed E-state index contributed by atoms with van der Waals surface area (Å²) in [6.07, 6.45) is 2.41. The maximum Gasteiger partial charge on any atom is 0.221 e. The van der Waals surface area contributed by atoms with Crippen LogP contribution in [0.1, 0.15) is 16.8 Å². The third-order valence-corrected chi connectivity index (χ3v) is 4.81. The number of para-hydroxylation sites is 1. The summed E-state index contributed by atoms with van der Waals surface area (Å²) >= 11 is 0. The highest BCUT2D eigenvalue weighted by Gasteiger charge is 2.11. The van der Waals surface area contributed by atoms with Gasteiger partial charge in [-0.2, -0.15) is 0 Å². The fourth-order valence-electron chi connectivity index (χ4n) is 3.20. The summed E-state index contributed by atoms with van der Waals surface area (Å²) in [5.74, 6) is 0.139. The van der Waals surface area contributed by atoms with Crippen LogP contribution < -0.4 is 4.74 Å². The standard InChI is InChI=1S/C26H20FN3O2/c27-21-10-5-18(6-11-21)15-24(26(29)32-17-28)19-8-13-23(14-9-19)31-16-22-12-7-20-3-1-2-4-25(20)30-22/h1-15,17,28-29H,16H2. The van der Waals surface area contributed by atoms with Gasteiger partial charge in [0.05, 0.1) is 11.2 Å². The van der Waals surface area contributed by atoms with Gasteiger partial charge < -0.3 is 9.47 Å². The Labute approximate surface area is 184 Å². The molecule has 0 bridgehead atoms. The Morgan fingerprint density at radius 1 is 0.906 bits per heavy atom. The molecule has 0 amide bonds. The number of halogens is 1. The molecule has 0 aliphatic carbocycles. The average Bonchev–Trinajstić information content (AvgIpc) is 2.83. The molecule has 0 fully saturated rings. The Balaban J connectivity index is 1.52. The SMILES string of the molecule is N=COC(=N)C(=Cc1ccc(F)cc1)c1ccc(OCc2ccc3ccccc3n2)cc1. The molecule has 0 spiro atoms. The van der Waals surface area contributed by atoms with Gasteiger partial charge in [-0.05, 0) is 53.6 Å². The van der Waals surface area contributed by atoms with Crippen LogP contribution in [-0.4, -0.2) is 17.3 Å². The van der Waals surface area contributed by atoms with E-state index >= 15 is 0 Å². The highest BCUT2D eigenvalue weighted by Crippen LogP contribution is 2.23. The Morgan fingerprint density at radius 3 is 2.41 bits per heavy atom. The maximum absolute atomic E-state index is 13.2. The van der Waals surface area contributed by atoms with Crippen LogP contribution in [0.25, 0.3) is 22.6 Å². The van der Waals surface area contributed by atoms with Crippen LogP contribution in [0.5, 0.6) is 5.75 Å². The van der Waals surface area contributed by atoms with Crippen molar-refractivity contribution < 1.29 is 13.9 Å². The van der Waals surface area contributed by atoms with E-state index in [0.29, 0.717) is 35.5 Å². The van der Waals surface area contributed by atoms with Gasteiger partial charge in [0, 0.05) is 11.0 Å². The van der Waals surface area contributed by atoms with Crippen molar-refractivity contribution in [1.82, 2.24) is 4.98 Å². The van der Waals surface area contributed by atoms with Gasteiger partial charge >= 0.3 is 0 Å². The van der Waals surface area contributed by atoms with E-state index in [-0.39, 0.29) is 11.7 Å². The van der Waals surface area contributed by atoms with Crippen molar-refractivity contribution in [2.24, 2.45) is 0 Å². The Morgan fingerprint density at radius 2 is 1.66 bits per heavy atom. The number of hydrogen-bond donors (Lipinski definition) is 2. The molecule has 4 rings (SSSR count). The molecule has 0 radical (unpaired) electrons. The van der Waals surface area contributed by atoms with Crippen molar-refractivity contribution in [3.63, 3.8) is 0 Å². The van der Waals surface area contributed by atoms with Crippen molar-refractivity contribution in [3.05, 3.63) is 108 Å². The Hall–Kier alpha value is -4.32. The van der Waals surface area contributed by atoms with Crippen molar-refractivity contribution in [2.75, 3.05) is 0 Å². The smallest absolute Gasteiger partial charge is 0.221 e. The van der Waals surface area contributed by atoms with Gasteiger partial charge in [0.15, 0.2) is 6.40 Å². The first-order valence-corrected chi connectivity index (χ1v) is 9.92. The fraction of sp³-hybridized carbons (Fsp3) is 0.0385. The zero-order valence-electron chi connectivity index (χ0n) is 17.1. The van der Waals surface area contributed by atoms with Gasteiger partial charge in [-0.25, -0.2) is 9.37 Å². The van der Waals surface area contributed by atoms with E-state index in [2.05, 4.69) is 4.98 Å². The predicted octanol–water partition coefficient (Wildman–Crippen LogP) is 6.09. The molecule has 3 aromatic carbocycles. The van der Waals surface area contributed by atoms with Crippen LogP contribution in [0.4, 0.5) is 4.39 Å². The van der Waals surface area contributed by atoms with E-state index in [0.717, 1.165) is 16.6 Å². The molecule has 0 saturated heterocycles. The molecule has 0 aliphatic rings. The van der Waals surface area contributed by atoms with Gasteiger partial charge in [0.2, 0.25) is 5.90 Å². The summed E-state index contributed by atoms with van der Waals surface area (Å²) in [6.45, 7) is 0.329. The zero-order valence-corrected chi connectivity index (χ0v) is 17.1. The molecule has 0 saturated carbocycles. The number of benzene rings is 3. The van der Waals surface area contributed by atoms with Gasteiger partial charge in [-0.1, -0.05) is 48.5 Å². The summed E-state index contributed by atoms with van der Waals surface area (Å²) in [5, 5.41) is 16.3. The molecule has 5 nitrogen and oxygen atoms in total. The largest absolute Gasteiger partial charge is 0.487 e. The maximum atomic E-state index is 13.2. The molecule has 4 aromatic rings. The van der Waals surface area contributed by atoms with Crippen LogP contribution in [0.2, 0.25) is 0 Å². The van der Waals surface area contributed by atoms with E-state index in [4.69, 9.17) is 20.3 Å². The van der Waals surface area contributed by atoms with Crippen molar-refractivity contribution >= 4 is 34.9 Å².